The minimum Gasteiger partial charge on any atom is -0.479 e. The monoisotopic (exact) mass is 277 g/mol. The summed E-state index contributed by atoms with van der Waals surface area (Å²) in [5, 5.41) is 12.1. The van der Waals surface area contributed by atoms with Gasteiger partial charge in [0.15, 0.2) is 6.10 Å². The molecule has 2 rings (SSSR count). The number of amides is 1. The number of methoxy groups -OCH3 is 1. The van der Waals surface area contributed by atoms with Gasteiger partial charge in [-0.3, -0.25) is 4.79 Å². The molecule has 1 aliphatic carbocycles. The molecule has 1 aromatic carbocycles. The van der Waals surface area contributed by atoms with Gasteiger partial charge in [-0.2, -0.15) is 0 Å². The molecule has 0 unspecified atom stereocenters. The number of hydrogen-bond donors (Lipinski definition) is 2. The number of carboxylic acids is 1. The average Bonchev–Trinajstić information content (AvgIpc) is 2.37. The maximum absolute atomic E-state index is 12.1. The minimum absolute atomic E-state index is 0.00696. The number of carbonyl (C=O) groups excluding carboxylic acids is 1. The smallest absolute Gasteiger partial charge is 0.335 e. The number of aliphatic carboxylic acids is 1. The molecule has 0 heterocycles. The van der Waals surface area contributed by atoms with Crippen molar-refractivity contribution in [1.29, 1.82) is 0 Å². The number of benzene rings is 1. The quantitative estimate of drug-likeness (QED) is 0.830. The van der Waals surface area contributed by atoms with Gasteiger partial charge in [-0.05, 0) is 18.4 Å². The summed E-state index contributed by atoms with van der Waals surface area (Å²) in [5.74, 6) is -1.17. The Bertz CT molecular complexity index is 470. The van der Waals surface area contributed by atoms with Gasteiger partial charge in [-0.1, -0.05) is 36.8 Å². The predicted octanol–water partition coefficient (Wildman–Crippen LogP) is 1.74. The minimum atomic E-state index is -1.10. The van der Waals surface area contributed by atoms with Crippen LogP contribution in [0.2, 0.25) is 0 Å². The van der Waals surface area contributed by atoms with Crippen LogP contribution >= 0.6 is 0 Å². The molecule has 0 aliphatic heterocycles. The summed E-state index contributed by atoms with van der Waals surface area (Å²) >= 11 is 0. The Morgan fingerprint density at radius 2 is 1.95 bits per heavy atom. The largest absolute Gasteiger partial charge is 0.479 e. The van der Waals surface area contributed by atoms with Crippen molar-refractivity contribution in [2.24, 2.45) is 5.92 Å². The molecule has 1 saturated carbocycles. The summed E-state index contributed by atoms with van der Waals surface area (Å²) in [6.45, 7) is 0. The summed E-state index contributed by atoms with van der Waals surface area (Å²) in [4.78, 5) is 23.4. The van der Waals surface area contributed by atoms with Gasteiger partial charge in [0.1, 0.15) is 0 Å². The van der Waals surface area contributed by atoms with E-state index in [0.29, 0.717) is 0 Å². The number of rotatable bonds is 6. The molecule has 1 amide bonds. The van der Waals surface area contributed by atoms with Crippen molar-refractivity contribution in [2.45, 2.75) is 31.4 Å². The van der Waals surface area contributed by atoms with Crippen molar-refractivity contribution in [3.63, 3.8) is 0 Å². The van der Waals surface area contributed by atoms with E-state index in [4.69, 9.17) is 4.74 Å². The third kappa shape index (κ3) is 3.17. The molecule has 0 bridgehead atoms. The third-order valence-corrected chi connectivity index (χ3v) is 3.73. The van der Waals surface area contributed by atoms with Crippen molar-refractivity contribution in [1.82, 2.24) is 5.32 Å². The van der Waals surface area contributed by atoms with Crippen LogP contribution in [0.4, 0.5) is 0 Å². The standard InChI is InChI=1S/C15H19NO4/c1-20-13(15(18)19)12(10-6-3-2-4-7-10)16-14(17)11-8-5-9-11/h2-4,6-7,11-13H,5,8-9H2,1H3,(H,16,17)(H,18,19)/t12-,13-/m1/s1. The second kappa shape index (κ2) is 6.52. The Labute approximate surface area is 117 Å². The molecule has 0 saturated heterocycles. The van der Waals surface area contributed by atoms with Gasteiger partial charge in [0.05, 0.1) is 6.04 Å². The Morgan fingerprint density at radius 1 is 1.30 bits per heavy atom. The first-order valence-corrected chi connectivity index (χ1v) is 6.74. The maximum Gasteiger partial charge on any atom is 0.335 e. The lowest BCUT2D eigenvalue weighted by Crippen LogP contribution is -2.44. The number of ether oxygens (including phenoxy) is 1. The van der Waals surface area contributed by atoms with Crippen molar-refractivity contribution in [2.75, 3.05) is 7.11 Å². The van der Waals surface area contributed by atoms with Crippen LogP contribution < -0.4 is 5.32 Å². The highest BCUT2D eigenvalue weighted by Crippen LogP contribution is 2.28. The summed E-state index contributed by atoms with van der Waals surface area (Å²) in [6.07, 6.45) is 1.71. The molecular formula is C15H19NO4. The van der Waals surface area contributed by atoms with Gasteiger partial charge in [-0.15, -0.1) is 0 Å². The van der Waals surface area contributed by atoms with Crippen molar-refractivity contribution in [3.05, 3.63) is 35.9 Å². The van der Waals surface area contributed by atoms with Gasteiger partial charge in [0.2, 0.25) is 5.91 Å². The van der Waals surface area contributed by atoms with Crippen LogP contribution in [0.1, 0.15) is 30.9 Å². The summed E-state index contributed by atoms with van der Waals surface area (Å²) < 4.78 is 5.05. The molecule has 0 aromatic heterocycles. The first-order chi connectivity index (χ1) is 9.63. The lowest BCUT2D eigenvalue weighted by molar-refractivity contribution is -0.151. The molecule has 5 nitrogen and oxygen atoms in total. The van der Waals surface area contributed by atoms with Crippen molar-refractivity contribution < 1.29 is 19.4 Å². The highest BCUT2D eigenvalue weighted by molar-refractivity contribution is 5.81. The van der Waals surface area contributed by atoms with Crippen LogP contribution in [-0.2, 0) is 14.3 Å². The predicted molar refractivity (Wildman–Crippen MR) is 73.1 cm³/mol. The Hall–Kier alpha value is -1.88. The zero-order valence-corrected chi connectivity index (χ0v) is 11.4. The zero-order chi connectivity index (χ0) is 14.5. The van der Waals surface area contributed by atoms with E-state index in [1.165, 1.54) is 7.11 Å². The molecule has 1 aliphatic rings. The molecule has 1 aromatic rings. The molecule has 0 spiro atoms. The highest BCUT2D eigenvalue weighted by atomic mass is 16.5. The van der Waals surface area contributed by atoms with E-state index < -0.39 is 18.1 Å². The van der Waals surface area contributed by atoms with Gasteiger partial charge < -0.3 is 15.2 Å². The van der Waals surface area contributed by atoms with Crippen LogP contribution in [0.3, 0.4) is 0 Å². The summed E-state index contributed by atoms with van der Waals surface area (Å²) in [5.41, 5.74) is 0.731. The van der Waals surface area contributed by atoms with Crippen LogP contribution in [0.25, 0.3) is 0 Å². The second-order valence-corrected chi connectivity index (χ2v) is 5.02. The molecule has 1 fully saturated rings. The first kappa shape index (κ1) is 14.5. The first-order valence-electron chi connectivity index (χ1n) is 6.74. The molecule has 2 atom stereocenters. The van der Waals surface area contributed by atoms with E-state index in [0.717, 1.165) is 24.8 Å². The lowest BCUT2D eigenvalue weighted by atomic mass is 9.84. The van der Waals surface area contributed by atoms with E-state index in [9.17, 15) is 14.7 Å². The highest BCUT2D eigenvalue weighted by Gasteiger charge is 2.34. The fourth-order valence-corrected chi connectivity index (χ4v) is 2.32. The molecule has 0 radical (unpaired) electrons. The number of hydrogen-bond acceptors (Lipinski definition) is 3. The van der Waals surface area contributed by atoms with Crippen LogP contribution in [0.15, 0.2) is 30.3 Å². The van der Waals surface area contributed by atoms with Crippen LogP contribution in [0.5, 0.6) is 0 Å². The summed E-state index contributed by atoms with van der Waals surface area (Å²) in [7, 11) is 1.34. The normalized spacial score (nSPS) is 17.9. The van der Waals surface area contributed by atoms with Gasteiger partial charge in [-0.25, -0.2) is 4.79 Å². The Kier molecular flexibility index (Phi) is 4.74. The molecule has 108 valence electrons. The average molecular weight is 277 g/mol. The SMILES string of the molecule is CO[C@@H](C(=O)O)[C@H](NC(=O)C1CCC1)c1ccccc1. The van der Waals surface area contributed by atoms with Gasteiger partial charge in [0, 0.05) is 13.0 Å². The van der Waals surface area contributed by atoms with Crippen LogP contribution in [-0.4, -0.2) is 30.2 Å². The van der Waals surface area contributed by atoms with E-state index in [-0.39, 0.29) is 11.8 Å². The number of carbonyl (C=O) groups is 2. The second-order valence-electron chi connectivity index (χ2n) is 5.02. The third-order valence-electron chi connectivity index (χ3n) is 3.73. The summed E-state index contributed by atoms with van der Waals surface area (Å²) in [6, 6.07) is 8.38. The lowest BCUT2D eigenvalue weighted by Gasteiger charge is -2.29. The molecule has 5 heteroatoms. The fourth-order valence-electron chi connectivity index (χ4n) is 2.32. The zero-order valence-electron chi connectivity index (χ0n) is 11.4. The van der Waals surface area contributed by atoms with Gasteiger partial charge in [0.25, 0.3) is 0 Å². The molecule has 20 heavy (non-hydrogen) atoms. The fraction of sp³-hybridized carbons (Fsp3) is 0.467. The van der Waals surface area contributed by atoms with E-state index in [2.05, 4.69) is 5.32 Å². The van der Waals surface area contributed by atoms with E-state index in [1.807, 2.05) is 18.2 Å². The van der Waals surface area contributed by atoms with E-state index >= 15 is 0 Å². The maximum atomic E-state index is 12.1. The van der Waals surface area contributed by atoms with Crippen molar-refractivity contribution in [3.8, 4) is 0 Å². The number of carboxylic acid groups (broad SMARTS) is 1. The van der Waals surface area contributed by atoms with Crippen molar-refractivity contribution >= 4 is 11.9 Å². The topological polar surface area (TPSA) is 75.6 Å². The Morgan fingerprint density at radius 3 is 2.40 bits per heavy atom. The molecule has 2 N–H and O–H groups in total. The van der Waals surface area contributed by atoms with E-state index in [1.54, 1.807) is 12.1 Å². The van der Waals surface area contributed by atoms with Gasteiger partial charge >= 0.3 is 5.97 Å². The molecular weight excluding hydrogens is 258 g/mol. The number of nitrogens with one attached hydrogen (secondary N) is 1. The Balaban J connectivity index is 2.19. The van der Waals surface area contributed by atoms with Crippen LogP contribution in [0, 0.1) is 5.92 Å².